The van der Waals surface area contributed by atoms with Crippen LogP contribution in [0.5, 0.6) is 0 Å². The van der Waals surface area contributed by atoms with Crippen molar-refractivity contribution < 1.29 is 18.8 Å². The van der Waals surface area contributed by atoms with Crippen LogP contribution in [-0.2, 0) is 20.8 Å². The van der Waals surface area contributed by atoms with E-state index in [4.69, 9.17) is 4.98 Å². The summed E-state index contributed by atoms with van der Waals surface area (Å²) in [5.41, 5.74) is 4.59. The normalized spacial score (nSPS) is 20.9. The van der Waals surface area contributed by atoms with Crippen molar-refractivity contribution in [2.45, 2.75) is 50.7 Å². The maximum absolute atomic E-state index is 14.4. The highest BCUT2D eigenvalue weighted by Gasteiger charge is 2.44. The molecule has 2 aliphatic rings. The molecule has 3 amide bonds. The fourth-order valence-electron chi connectivity index (χ4n) is 6.55. The SMILES string of the molecule is CN[C@@H](C)C(=O)NCC1CN(C(=O)Cc2ccc(F)cc2)CC[C@H]2CC[C@@H](c3nc4c(-c5ccccc5)cccc4[nH]3)N2C1=O. The predicted octanol–water partition coefficient (Wildman–Crippen LogP) is 4.22. The molecular formula is C35H39FN6O3. The highest BCUT2D eigenvalue weighted by Crippen LogP contribution is 2.40. The van der Waals surface area contributed by atoms with Gasteiger partial charge in [-0.05, 0) is 62.6 Å². The molecule has 1 aromatic heterocycles. The van der Waals surface area contributed by atoms with Gasteiger partial charge < -0.3 is 25.4 Å². The van der Waals surface area contributed by atoms with Crippen molar-refractivity contribution in [1.82, 2.24) is 30.4 Å². The molecule has 2 saturated heterocycles. The third-order valence-corrected chi connectivity index (χ3v) is 9.18. The lowest BCUT2D eigenvalue weighted by Crippen LogP contribution is -2.54. The molecule has 3 aromatic carbocycles. The van der Waals surface area contributed by atoms with Crippen LogP contribution in [0.25, 0.3) is 22.2 Å². The molecule has 4 aromatic rings. The summed E-state index contributed by atoms with van der Waals surface area (Å²) >= 11 is 0. The Morgan fingerprint density at radius 3 is 2.56 bits per heavy atom. The van der Waals surface area contributed by atoms with Crippen molar-refractivity contribution in [2.24, 2.45) is 5.92 Å². The van der Waals surface area contributed by atoms with Gasteiger partial charge >= 0.3 is 0 Å². The van der Waals surface area contributed by atoms with E-state index in [9.17, 15) is 18.8 Å². The minimum atomic E-state index is -0.636. The van der Waals surface area contributed by atoms with Crippen LogP contribution < -0.4 is 10.6 Å². The number of carbonyl (C=O) groups excluding carboxylic acids is 3. The number of hydrogen-bond acceptors (Lipinski definition) is 5. The second-order valence-electron chi connectivity index (χ2n) is 12.1. The Labute approximate surface area is 262 Å². The Morgan fingerprint density at radius 1 is 1.02 bits per heavy atom. The molecule has 234 valence electrons. The van der Waals surface area contributed by atoms with E-state index in [0.717, 1.165) is 40.8 Å². The Morgan fingerprint density at radius 2 is 1.80 bits per heavy atom. The minimum Gasteiger partial charge on any atom is -0.354 e. The van der Waals surface area contributed by atoms with Gasteiger partial charge in [-0.25, -0.2) is 9.37 Å². The molecule has 2 fully saturated rings. The lowest BCUT2D eigenvalue weighted by atomic mass is 10.0. The van der Waals surface area contributed by atoms with Gasteiger partial charge in [0.15, 0.2) is 0 Å². The summed E-state index contributed by atoms with van der Waals surface area (Å²) in [7, 11) is 1.71. The van der Waals surface area contributed by atoms with E-state index < -0.39 is 12.0 Å². The fraction of sp³-hybridized carbons (Fsp3) is 0.371. The highest BCUT2D eigenvalue weighted by atomic mass is 19.1. The van der Waals surface area contributed by atoms with Crippen molar-refractivity contribution in [1.29, 1.82) is 0 Å². The number of nitrogens with zero attached hydrogens (tertiary/aromatic N) is 3. The van der Waals surface area contributed by atoms with Gasteiger partial charge in [-0.15, -0.1) is 0 Å². The second kappa shape index (κ2) is 13.2. The molecule has 0 spiro atoms. The summed E-state index contributed by atoms with van der Waals surface area (Å²) < 4.78 is 13.5. The van der Waals surface area contributed by atoms with Crippen molar-refractivity contribution in [3.8, 4) is 11.1 Å². The number of aromatic nitrogens is 2. The lowest BCUT2D eigenvalue weighted by Gasteiger charge is -2.38. The van der Waals surface area contributed by atoms with Crippen LogP contribution in [0.15, 0.2) is 72.8 Å². The van der Waals surface area contributed by atoms with Gasteiger partial charge in [0.05, 0.1) is 35.5 Å². The van der Waals surface area contributed by atoms with Crippen molar-refractivity contribution in [3.63, 3.8) is 0 Å². The zero-order valence-electron chi connectivity index (χ0n) is 25.6. The molecule has 0 radical (unpaired) electrons. The Balaban J connectivity index is 1.28. The number of amides is 3. The first-order chi connectivity index (χ1) is 21.8. The number of rotatable bonds is 8. The van der Waals surface area contributed by atoms with E-state index in [-0.39, 0.29) is 55.1 Å². The zero-order chi connectivity index (χ0) is 31.5. The van der Waals surface area contributed by atoms with Gasteiger partial charge in [0.25, 0.3) is 0 Å². The number of imidazole rings is 1. The molecule has 9 nitrogen and oxygen atoms in total. The standard InChI is InChI=1S/C35H39FN6O3/c1-22(37-2)34(44)38-20-25-21-41(31(43)19-23-11-13-26(36)14-12-23)18-17-27-15-16-30(42(27)35(25)45)33-39-29-10-6-9-28(32(29)40-33)24-7-4-3-5-8-24/h3-14,22,25,27,30,37H,15-21H2,1-2H3,(H,38,44)(H,39,40)/t22-,25?,27+,30-/m0/s1. The summed E-state index contributed by atoms with van der Waals surface area (Å²) in [4.78, 5) is 52.9. The maximum Gasteiger partial charge on any atom is 0.236 e. The summed E-state index contributed by atoms with van der Waals surface area (Å²) in [6, 6.07) is 21.4. The smallest absolute Gasteiger partial charge is 0.236 e. The summed E-state index contributed by atoms with van der Waals surface area (Å²) in [5.74, 6) is -0.669. The van der Waals surface area contributed by atoms with Crippen molar-refractivity contribution in [2.75, 3.05) is 26.7 Å². The molecule has 1 unspecified atom stereocenters. The van der Waals surface area contributed by atoms with Crippen LogP contribution in [0.4, 0.5) is 4.39 Å². The molecule has 3 heterocycles. The molecule has 2 aliphatic heterocycles. The molecule has 10 heteroatoms. The summed E-state index contributed by atoms with van der Waals surface area (Å²) in [5, 5.41) is 5.85. The molecule has 0 saturated carbocycles. The number of nitrogens with one attached hydrogen (secondary N) is 3. The van der Waals surface area contributed by atoms with Crippen molar-refractivity contribution >= 4 is 28.8 Å². The molecule has 6 rings (SSSR count). The monoisotopic (exact) mass is 610 g/mol. The van der Waals surface area contributed by atoms with Crippen molar-refractivity contribution in [3.05, 3.63) is 90.0 Å². The maximum atomic E-state index is 14.4. The first-order valence-electron chi connectivity index (χ1n) is 15.7. The number of fused-ring (bicyclic) bond motifs is 2. The largest absolute Gasteiger partial charge is 0.354 e. The number of benzene rings is 3. The van der Waals surface area contributed by atoms with Gasteiger partial charge in [-0.2, -0.15) is 0 Å². The van der Waals surface area contributed by atoms with Crippen LogP contribution in [0.2, 0.25) is 0 Å². The first kappa shape index (κ1) is 30.5. The average molecular weight is 611 g/mol. The Kier molecular flexibility index (Phi) is 8.93. The Hall–Kier alpha value is -4.57. The van der Waals surface area contributed by atoms with E-state index >= 15 is 0 Å². The molecule has 0 aliphatic carbocycles. The molecule has 3 N–H and O–H groups in total. The van der Waals surface area contributed by atoms with Gasteiger partial charge in [0.2, 0.25) is 17.7 Å². The number of H-pyrrole nitrogens is 1. The predicted molar refractivity (Wildman–Crippen MR) is 170 cm³/mol. The van der Waals surface area contributed by atoms with E-state index in [2.05, 4.69) is 33.8 Å². The van der Waals surface area contributed by atoms with Gasteiger partial charge in [-0.3, -0.25) is 14.4 Å². The zero-order valence-corrected chi connectivity index (χ0v) is 25.6. The summed E-state index contributed by atoms with van der Waals surface area (Å²) in [6.45, 7) is 2.53. The lowest BCUT2D eigenvalue weighted by molar-refractivity contribution is -0.143. The molecule has 0 bridgehead atoms. The van der Waals surface area contributed by atoms with Crippen LogP contribution in [0.3, 0.4) is 0 Å². The third kappa shape index (κ3) is 6.47. The van der Waals surface area contributed by atoms with Crippen LogP contribution >= 0.6 is 0 Å². The molecule has 4 atom stereocenters. The van der Waals surface area contributed by atoms with Gasteiger partial charge in [0, 0.05) is 31.2 Å². The van der Waals surface area contributed by atoms with Crippen LogP contribution in [-0.4, -0.2) is 76.3 Å². The van der Waals surface area contributed by atoms with E-state index in [1.54, 1.807) is 31.0 Å². The minimum absolute atomic E-state index is 0.0693. The first-order valence-corrected chi connectivity index (χ1v) is 15.7. The fourth-order valence-corrected chi connectivity index (χ4v) is 6.55. The highest BCUT2D eigenvalue weighted by molar-refractivity contribution is 5.92. The number of aromatic amines is 1. The summed E-state index contributed by atoms with van der Waals surface area (Å²) in [6.07, 6.45) is 2.29. The number of halogens is 1. The van der Waals surface area contributed by atoms with E-state index in [0.29, 0.717) is 18.5 Å². The van der Waals surface area contributed by atoms with Crippen LogP contribution in [0, 0.1) is 11.7 Å². The molecule has 45 heavy (non-hydrogen) atoms. The third-order valence-electron chi connectivity index (χ3n) is 9.18. The van der Waals surface area contributed by atoms with Gasteiger partial charge in [0.1, 0.15) is 11.6 Å². The topological polar surface area (TPSA) is 110 Å². The number of likely N-dealkylation sites (N-methyl/N-ethyl adjacent to an activating group) is 1. The number of carbonyl (C=O) groups is 3. The quantitative estimate of drug-likeness (QED) is 0.277. The number of hydrogen-bond donors (Lipinski definition) is 3. The molecular weight excluding hydrogens is 571 g/mol. The van der Waals surface area contributed by atoms with Crippen LogP contribution in [0.1, 0.15) is 43.6 Å². The second-order valence-corrected chi connectivity index (χ2v) is 12.1. The van der Waals surface area contributed by atoms with E-state index in [1.165, 1.54) is 12.1 Å². The number of para-hydroxylation sites is 1. The Bertz CT molecular complexity index is 1670. The van der Waals surface area contributed by atoms with Gasteiger partial charge in [-0.1, -0.05) is 54.6 Å². The average Bonchev–Trinajstić information content (AvgIpc) is 3.68. The van der Waals surface area contributed by atoms with E-state index in [1.807, 2.05) is 35.2 Å².